The van der Waals surface area contributed by atoms with E-state index in [2.05, 4.69) is 6.07 Å². The van der Waals surface area contributed by atoms with Gasteiger partial charge in [-0.25, -0.2) is 0 Å². The Morgan fingerprint density at radius 3 is 2.68 bits per heavy atom. The highest BCUT2D eigenvalue weighted by Crippen LogP contribution is 2.36. The third-order valence-electron chi connectivity index (χ3n) is 3.41. The minimum atomic E-state index is -0.0822. The quantitative estimate of drug-likeness (QED) is 0.668. The summed E-state index contributed by atoms with van der Waals surface area (Å²) < 4.78 is 10.8. The minimum Gasteiger partial charge on any atom is -0.454 e. The number of rotatable bonds is 3. The van der Waals surface area contributed by atoms with Gasteiger partial charge in [-0.3, -0.25) is 5.41 Å². The molecule has 0 radical (unpaired) electrons. The molecule has 2 aromatic rings. The summed E-state index contributed by atoms with van der Waals surface area (Å²) in [4.78, 5) is 1.64. The van der Waals surface area contributed by atoms with Crippen molar-refractivity contribution in [1.29, 1.82) is 10.7 Å². The van der Waals surface area contributed by atoms with Crippen molar-refractivity contribution < 1.29 is 9.47 Å². The van der Waals surface area contributed by atoms with Crippen LogP contribution < -0.4 is 20.1 Å². The number of guanidine groups is 1. The Morgan fingerprint density at radius 1 is 1.23 bits per heavy atom. The Balaban J connectivity index is 1.91. The Kier molecular flexibility index (Phi) is 3.54. The second-order valence-electron chi connectivity index (χ2n) is 4.78. The van der Waals surface area contributed by atoms with E-state index in [4.69, 9.17) is 25.9 Å². The maximum atomic E-state index is 8.86. The molecule has 1 aliphatic heterocycles. The summed E-state index contributed by atoms with van der Waals surface area (Å²) >= 11 is 0. The van der Waals surface area contributed by atoms with Crippen molar-refractivity contribution in [2.45, 2.75) is 6.54 Å². The van der Waals surface area contributed by atoms with Gasteiger partial charge in [0.1, 0.15) is 0 Å². The van der Waals surface area contributed by atoms with Gasteiger partial charge in [-0.15, -0.1) is 0 Å². The normalized spacial score (nSPS) is 11.8. The first-order valence-corrected chi connectivity index (χ1v) is 6.68. The fourth-order valence-corrected chi connectivity index (χ4v) is 2.32. The molecule has 0 unspecified atom stereocenters. The highest BCUT2D eigenvalue weighted by molar-refractivity contribution is 5.92. The first kappa shape index (κ1) is 13.8. The van der Waals surface area contributed by atoms with Crippen LogP contribution >= 0.6 is 0 Å². The van der Waals surface area contributed by atoms with Gasteiger partial charge >= 0.3 is 0 Å². The number of hydrogen-bond acceptors (Lipinski definition) is 4. The van der Waals surface area contributed by atoms with Gasteiger partial charge < -0.3 is 20.1 Å². The van der Waals surface area contributed by atoms with Gasteiger partial charge in [-0.05, 0) is 30.3 Å². The van der Waals surface area contributed by atoms with Crippen LogP contribution in [0.25, 0.3) is 0 Å². The summed E-state index contributed by atoms with van der Waals surface area (Å²) in [7, 11) is 0. The largest absolute Gasteiger partial charge is 0.454 e. The van der Waals surface area contributed by atoms with Crippen molar-refractivity contribution in [3.05, 3.63) is 53.6 Å². The van der Waals surface area contributed by atoms with Gasteiger partial charge in [0.25, 0.3) is 0 Å². The predicted molar refractivity (Wildman–Crippen MR) is 81.8 cm³/mol. The SMILES string of the molecule is N#Cc1ccc(N(Cc2cccc3c2OCO3)C(=N)N)cc1. The lowest BCUT2D eigenvalue weighted by atomic mass is 10.1. The summed E-state index contributed by atoms with van der Waals surface area (Å²) in [6.07, 6.45) is 0. The van der Waals surface area contributed by atoms with Gasteiger partial charge in [0, 0.05) is 11.3 Å². The second kappa shape index (κ2) is 5.66. The van der Waals surface area contributed by atoms with Crippen LogP contribution in [0.5, 0.6) is 11.5 Å². The van der Waals surface area contributed by atoms with Crippen molar-refractivity contribution in [1.82, 2.24) is 0 Å². The third-order valence-corrected chi connectivity index (χ3v) is 3.41. The summed E-state index contributed by atoms with van der Waals surface area (Å²) in [5.74, 6) is 1.30. The molecular weight excluding hydrogens is 280 g/mol. The lowest BCUT2D eigenvalue weighted by Crippen LogP contribution is -2.36. The Morgan fingerprint density at radius 2 is 2.00 bits per heavy atom. The van der Waals surface area contributed by atoms with Crippen LogP contribution in [0.3, 0.4) is 0 Å². The second-order valence-corrected chi connectivity index (χ2v) is 4.78. The molecule has 0 saturated heterocycles. The van der Waals surface area contributed by atoms with Crippen molar-refractivity contribution in [3.63, 3.8) is 0 Å². The van der Waals surface area contributed by atoms with Crippen molar-refractivity contribution in [3.8, 4) is 17.6 Å². The first-order valence-electron chi connectivity index (χ1n) is 6.68. The molecule has 1 heterocycles. The molecule has 0 amide bonds. The summed E-state index contributed by atoms with van der Waals surface area (Å²) in [5, 5.41) is 16.7. The number of nitrogens with zero attached hydrogens (tertiary/aromatic N) is 2. The Hall–Kier alpha value is -3.20. The van der Waals surface area contributed by atoms with E-state index in [0.29, 0.717) is 23.6 Å². The van der Waals surface area contributed by atoms with Gasteiger partial charge in [-0.2, -0.15) is 5.26 Å². The fraction of sp³-hybridized carbons (Fsp3) is 0.125. The number of fused-ring (bicyclic) bond motifs is 1. The molecule has 2 aromatic carbocycles. The van der Waals surface area contributed by atoms with Crippen LogP contribution in [0.15, 0.2) is 42.5 Å². The highest BCUT2D eigenvalue weighted by atomic mass is 16.7. The van der Waals surface area contributed by atoms with Crippen LogP contribution in [-0.2, 0) is 6.54 Å². The van der Waals surface area contributed by atoms with Crippen molar-refractivity contribution >= 4 is 11.6 Å². The zero-order chi connectivity index (χ0) is 15.5. The first-order chi connectivity index (χ1) is 10.7. The summed E-state index contributed by atoms with van der Waals surface area (Å²) in [5.41, 5.74) is 7.89. The zero-order valence-electron chi connectivity index (χ0n) is 11.7. The molecule has 0 spiro atoms. The van der Waals surface area contributed by atoms with Crippen LogP contribution in [-0.4, -0.2) is 12.8 Å². The van der Waals surface area contributed by atoms with Crippen LogP contribution in [0.2, 0.25) is 0 Å². The number of hydrogen-bond donors (Lipinski definition) is 2. The maximum Gasteiger partial charge on any atom is 0.231 e. The molecular formula is C16H14N4O2. The van der Waals surface area contributed by atoms with E-state index >= 15 is 0 Å². The predicted octanol–water partition coefficient (Wildman–Crippen LogP) is 2.19. The average Bonchev–Trinajstić information content (AvgIpc) is 3.02. The van der Waals surface area contributed by atoms with Crippen LogP contribution in [0.1, 0.15) is 11.1 Å². The van der Waals surface area contributed by atoms with Crippen LogP contribution in [0, 0.1) is 16.7 Å². The van der Waals surface area contributed by atoms with E-state index in [1.807, 2.05) is 18.2 Å². The third kappa shape index (κ3) is 2.52. The number of nitrogens with two attached hydrogens (primary N) is 1. The molecule has 1 aliphatic rings. The van der Waals surface area contributed by atoms with Gasteiger partial charge in [0.05, 0.1) is 18.2 Å². The van der Waals surface area contributed by atoms with Gasteiger partial charge in [0.15, 0.2) is 17.5 Å². The fourth-order valence-electron chi connectivity index (χ4n) is 2.32. The maximum absolute atomic E-state index is 8.86. The lowest BCUT2D eigenvalue weighted by molar-refractivity contribution is 0.173. The average molecular weight is 294 g/mol. The lowest BCUT2D eigenvalue weighted by Gasteiger charge is -2.23. The molecule has 0 atom stereocenters. The standard InChI is InChI=1S/C16H14N4O2/c17-8-11-4-6-13(7-5-11)20(16(18)19)9-12-2-1-3-14-15(12)22-10-21-14/h1-7H,9-10H2,(H3,18,19). The highest BCUT2D eigenvalue weighted by Gasteiger charge is 2.20. The molecule has 0 aromatic heterocycles. The van der Waals surface area contributed by atoms with Gasteiger partial charge in [-0.1, -0.05) is 12.1 Å². The monoisotopic (exact) mass is 294 g/mol. The number of ether oxygens (including phenoxy) is 2. The molecule has 6 heteroatoms. The smallest absolute Gasteiger partial charge is 0.231 e. The molecule has 22 heavy (non-hydrogen) atoms. The van der Waals surface area contributed by atoms with Crippen molar-refractivity contribution in [2.75, 3.05) is 11.7 Å². The molecule has 0 bridgehead atoms. The van der Waals surface area contributed by atoms with Crippen LogP contribution in [0.4, 0.5) is 5.69 Å². The van der Waals surface area contributed by atoms with E-state index < -0.39 is 0 Å². The topological polar surface area (TPSA) is 95.4 Å². The molecule has 0 fully saturated rings. The number of benzene rings is 2. The number of nitrogens with one attached hydrogen (secondary N) is 1. The number of anilines is 1. The summed E-state index contributed by atoms with van der Waals surface area (Å²) in [6.45, 7) is 0.580. The van der Waals surface area contributed by atoms with Gasteiger partial charge in [0.2, 0.25) is 6.79 Å². The molecule has 110 valence electrons. The van der Waals surface area contributed by atoms with E-state index in [-0.39, 0.29) is 12.8 Å². The van der Waals surface area contributed by atoms with Crippen molar-refractivity contribution in [2.24, 2.45) is 5.73 Å². The molecule has 3 rings (SSSR count). The van der Waals surface area contributed by atoms with E-state index in [0.717, 1.165) is 11.3 Å². The Bertz CT molecular complexity index is 750. The minimum absolute atomic E-state index is 0.0822. The van der Waals surface area contributed by atoms with E-state index in [1.165, 1.54) is 0 Å². The molecule has 6 nitrogen and oxygen atoms in total. The molecule has 0 aliphatic carbocycles. The number of nitriles is 1. The van der Waals surface area contributed by atoms with E-state index in [9.17, 15) is 0 Å². The molecule has 0 saturated carbocycles. The Labute approximate surface area is 127 Å². The zero-order valence-corrected chi connectivity index (χ0v) is 11.7. The summed E-state index contributed by atoms with van der Waals surface area (Å²) in [6, 6.07) is 14.6. The van der Waals surface area contributed by atoms with E-state index in [1.54, 1.807) is 29.2 Å². The molecule has 3 N–H and O–H groups in total. The number of para-hydroxylation sites is 1.